The summed E-state index contributed by atoms with van der Waals surface area (Å²) in [4.78, 5) is 11.4. The predicted octanol–water partition coefficient (Wildman–Crippen LogP) is 0.899. The van der Waals surface area contributed by atoms with Crippen molar-refractivity contribution in [3.8, 4) is 0 Å². The molecule has 0 heterocycles. The Bertz CT molecular complexity index is 178. The maximum atomic E-state index is 11.4. The van der Waals surface area contributed by atoms with E-state index in [9.17, 15) is 4.79 Å². The number of carbonyl (C=O) groups excluding carboxylic acids is 1. The number of nitrogens with one attached hydrogen (secondary N) is 2. The van der Waals surface area contributed by atoms with Gasteiger partial charge in [0.1, 0.15) is 0 Å². The summed E-state index contributed by atoms with van der Waals surface area (Å²) in [5, 5.41) is 5.93. The first kappa shape index (κ1) is 10.5. The van der Waals surface area contributed by atoms with Crippen molar-refractivity contribution in [1.82, 2.24) is 10.6 Å². The standard InChI is InChI=1S/C10H20N2O/c1-7(6-9-4-5-9)12-10(13)8(2)11-3/h7-9,11H,4-6H2,1-3H3,(H,12,13). The number of hydrogen-bond acceptors (Lipinski definition) is 2. The summed E-state index contributed by atoms with van der Waals surface area (Å²) in [7, 11) is 1.80. The summed E-state index contributed by atoms with van der Waals surface area (Å²) in [5.74, 6) is 0.982. The summed E-state index contributed by atoms with van der Waals surface area (Å²) in [6.45, 7) is 3.96. The maximum Gasteiger partial charge on any atom is 0.237 e. The van der Waals surface area contributed by atoms with Crippen LogP contribution >= 0.6 is 0 Å². The molecule has 0 aromatic heterocycles. The van der Waals surface area contributed by atoms with Crippen molar-refractivity contribution in [2.45, 2.75) is 45.2 Å². The molecule has 1 fully saturated rings. The molecule has 2 unspecified atom stereocenters. The van der Waals surface area contributed by atoms with Gasteiger partial charge in [-0.1, -0.05) is 12.8 Å². The monoisotopic (exact) mass is 184 g/mol. The second-order valence-corrected chi connectivity index (χ2v) is 4.10. The molecule has 0 saturated heterocycles. The van der Waals surface area contributed by atoms with Gasteiger partial charge in [-0.05, 0) is 33.2 Å². The molecule has 76 valence electrons. The van der Waals surface area contributed by atoms with Crippen LogP contribution in [0.3, 0.4) is 0 Å². The molecule has 0 aromatic rings. The molecule has 0 spiro atoms. The summed E-state index contributed by atoms with van der Waals surface area (Å²) in [6.07, 6.45) is 3.84. The highest BCUT2D eigenvalue weighted by Crippen LogP contribution is 2.33. The molecule has 2 N–H and O–H groups in total. The van der Waals surface area contributed by atoms with Gasteiger partial charge in [0.05, 0.1) is 6.04 Å². The number of likely N-dealkylation sites (N-methyl/N-ethyl adjacent to an activating group) is 1. The molecule has 1 aliphatic rings. The van der Waals surface area contributed by atoms with E-state index in [2.05, 4.69) is 17.6 Å². The van der Waals surface area contributed by atoms with Gasteiger partial charge in [0, 0.05) is 6.04 Å². The lowest BCUT2D eigenvalue weighted by atomic mass is 10.1. The Kier molecular flexibility index (Phi) is 3.72. The molecule has 1 aliphatic carbocycles. The highest BCUT2D eigenvalue weighted by atomic mass is 16.2. The van der Waals surface area contributed by atoms with Gasteiger partial charge in [-0.3, -0.25) is 4.79 Å². The zero-order valence-electron chi connectivity index (χ0n) is 8.76. The van der Waals surface area contributed by atoms with Crippen LogP contribution in [-0.2, 0) is 4.79 Å². The second kappa shape index (κ2) is 4.61. The van der Waals surface area contributed by atoms with Crippen molar-refractivity contribution in [1.29, 1.82) is 0 Å². The van der Waals surface area contributed by atoms with Crippen LogP contribution < -0.4 is 10.6 Å². The van der Waals surface area contributed by atoms with Crippen molar-refractivity contribution in [3.05, 3.63) is 0 Å². The average Bonchev–Trinajstić information content (AvgIpc) is 2.86. The number of hydrogen-bond donors (Lipinski definition) is 2. The molecule has 3 nitrogen and oxygen atoms in total. The minimum absolute atomic E-state index is 0.0818. The van der Waals surface area contributed by atoms with E-state index in [-0.39, 0.29) is 11.9 Å². The molecule has 2 atom stereocenters. The van der Waals surface area contributed by atoms with E-state index in [1.54, 1.807) is 7.05 Å². The third kappa shape index (κ3) is 3.77. The molecule has 0 aliphatic heterocycles. The third-order valence-corrected chi connectivity index (χ3v) is 2.60. The Hall–Kier alpha value is -0.570. The van der Waals surface area contributed by atoms with Crippen molar-refractivity contribution in [2.24, 2.45) is 5.92 Å². The van der Waals surface area contributed by atoms with Gasteiger partial charge in [0.15, 0.2) is 0 Å². The molecule has 1 rings (SSSR count). The first-order chi connectivity index (χ1) is 6.13. The van der Waals surface area contributed by atoms with Gasteiger partial charge in [-0.25, -0.2) is 0 Å². The molecule has 1 saturated carbocycles. The number of amides is 1. The molecule has 0 radical (unpaired) electrons. The van der Waals surface area contributed by atoms with E-state index in [1.807, 2.05) is 6.92 Å². The van der Waals surface area contributed by atoms with Crippen LogP contribution in [0, 0.1) is 5.92 Å². The van der Waals surface area contributed by atoms with E-state index in [0.717, 1.165) is 12.3 Å². The van der Waals surface area contributed by atoms with Gasteiger partial charge >= 0.3 is 0 Å². The fourth-order valence-corrected chi connectivity index (χ4v) is 1.41. The third-order valence-electron chi connectivity index (χ3n) is 2.60. The van der Waals surface area contributed by atoms with Crippen LogP contribution in [-0.4, -0.2) is 25.0 Å². The Labute approximate surface area is 80.3 Å². The Morgan fingerprint density at radius 1 is 1.46 bits per heavy atom. The lowest BCUT2D eigenvalue weighted by molar-refractivity contribution is -0.123. The highest BCUT2D eigenvalue weighted by molar-refractivity contribution is 5.81. The molecule has 0 aromatic carbocycles. The lowest BCUT2D eigenvalue weighted by Gasteiger charge is -2.16. The van der Waals surface area contributed by atoms with Crippen molar-refractivity contribution < 1.29 is 4.79 Å². The molecule has 3 heteroatoms. The Balaban J connectivity index is 2.17. The van der Waals surface area contributed by atoms with Crippen LogP contribution in [0.4, 0.5) is 0 Å². The van der Waals surface area contributed by atoms with Crippen molar-refractivity contribution in [2.75, 3.05) is 7.05 Å². The lowest BCUT2D eigenvalue weighted by Crippen LogP contribution is -2.44. The van der Waals surface area contributed by atoms with Crippen LogP contribution in [0.25, 0.3) is 0 Å². The van der Waals surface area contributed by atoms with E-state index in [4.69, 9.17) is 0 Å². The quantitative estimate of drug-likeness (QED) is 0.666. The predicted molar refractivity (Wildman–Crippen MR) is 53.5 cm³/mol. The zero-order valence-corrected chi connectivity index (χ0v) is 8.76. The first-order valence-corrected chi connectivity index (χ1v) is 5.11. The van der Waals surface area contributed by atoms with Crippen LogP contribution in [0.2, 0.25) is 0 Å². The Morgan fingerprint density at radius 2 is 2.08 bits per heavy atom. The molecule has 13 heavy (non-hydrogen) atoms. The molecule has 1 amide bonds. The van der Waals surface area contributed by atoms with Crippen LogP contribution in [0.1, 0.15) is 33.1 Å². The summed E-state index contributed by atoms with van der Waals surface area (Å²) in [6, 6.07) is 0.248. The van der Waals surface area contributed by atoms with E-state index >= 15 is 0 Å². The second-order valence-electron chi connectivity index (χ2n) is 4.10. The smallest absolute Gasteiger partial charge is 0.237 e. The minimum atomic E-state index is -0.0818. The number of rotatable bonds is 5. The Morgan fingerprint density at radius 3 is 2.54 bits per heavy atom. The van der Waals surface area contributed by atoms with Gasteiger partial charge < -0.3 is 10.6 Å². The van der Waals surface area contributed by atoms with E-state index in [0.29, 0.717) is 6.04 Å². The van der Waals surface area contributed by atoms with Gasteiger partial charge in [0.2, 0.25) is 5.91 Å². The maximum absolute atomic E-state index is 11.4. The van der Waals surface area contributed by atoms with E-state index < -0.39 is 0 Å². The first-order valence-electron chi connectivity index (χ1n) is 5.11. The fraction of sp³-hybridized carbons (Fsp3) is 0.900. The van der Waals surface area contributed by atoms with Gasteiger partial charge in [0.25, 0.3) is 0 Å². The van der Waals surface area contributed by atoms with Crippen molar-refractivity contribution >= 4 is 5.91 Å². The van der Waals surface area contributed by atoms with Crippen molar-refractivity contribution in [3.63, 3.8) is 0 Å². The SMILES string of the molecule is CNC(C)C(=O)NC(C)CC1CC1. The van der Waals surface area contributed by atoms with Gasteiger partial charge in [-0.15, -0.1) is 0 Å². The van der Waals surface area contributed by atoms with E-state index in [1.165, 1.54) is 12.8 Å². The molecule has 0 bridgehead atoms. The minimum Gasteiger partial charge on any atom is -0.352 e. The molecular formula is C10H20N2O. The summed E-state index contributed by atoms with van der Waals surface area (Å²) < 4.78 is 0. The normalized spacial score (nSPS) is 20.8. The zero-order chi connectivity index (χ0) is 9.84. The average molecular weight is 184 g/mol. The number of carbonyl (C=O) groups is 1. The highest BCUT2D eigenvalue weighted by Gasteiger charge is 2.24. The molecular weight excluding hydrogens is 164 g/mol. The largest absolute Gasteiger partial charge is 0.352 e. The summed E-state index contributed by atoms with van der Waals surface area (Å²) >= 11 is 0. The van der Waals surface area contributed by atoms with Gasteiger partial charge in [-0.2, -0.15) is 0 Å². The van der Waals surface area contributed by atoms with Crippen LogP contribution in [0.5, 0.6) is 0 Å². The fourth-order valence-electron chi connectivity index (χ4n) is 1.41. The van der Waals surface area contributed by atoms with Crippen LogP contribution in [0.15, 0.2) is 0 Å². The summed E-state index contributed by atoms with van der Waals surface area (Å²) in [5.41, 5.74) is 0. The topological polar surface area (TPSA) is 41.1 Å².